The molecule has 1 fully saturated rings. The zero-order valence-electron chi connectivity index (χ0n) is 63.0. The molecular weight excluding hydrogens is 1100 g/mol. The molecule has 1 aliphatic rings. The summed E-state index contributed by atoms with van der Waals surface area (Å²) in [6.07, 6.45) is 114. The SMILES string of the molecule is CCCCC/C=C\C/C=C\CCCCCCCCC(C)CCCCCCCC/C=C\C/C=C\CCCCC.CCCCC/C=C\C/C=C\CCCCCCCCC(CCCCCCCC/C=C\C/C=C\CCCCC)CCCNCCN1CCN(CCCC)CC1. The molecule has 1 saturated heterocycles. The van der Waals surface area contributed by atoms with E-state index in [1.54, 1.807) is 0 Å². The van der Waals surface area contributed by atoms with Crippen molar-refractivity contribution in [2.75, 3.05) is 52.4 Å². The molecule has 0 aromatic heterocycles. The summed E-state index contributed by atoms with van der Waals surface area (Å²) >= 11 is 0. The molecule has 0 bridgehead atoms. The molecule has 1 aliphatic heterocycles. The number of rotatable bonds is 70. The van der Waals surface area contributed by atoms with Gasteiger partial charge in [-0.05, 0) is 173 Å². The van der Waals surface area contributed by atoms with Crippen LogP contribution in [0.4, 0.5) is 0 Å². The van der Waals surface area contributed by atoms with Crippen LogP contribution in [0.15, 0.2) is 97.2 Å². The summed E-state index contributed by atoms with van der Waals surface area (Å²) in [6, 6.07) is 0. The van der Waals surface area contributed by atoms with Gasteiger partial charge in [0.25, 0.3) is 0 Å². The maximum Gasteiger partial charge on any atom is 0.0110 e. The van der Waals surface area contributed by atoms with Crippen LogP contribution >= 0.6 is 0 Å². The molecule has 0 saturated carbocycles. The topological polar surface area (TPSA) is 18.5 Å². The lowest BCUT2D eigenvalue weighted by Crippen LogP contribution is -2.48. The molecule has 0 aliphatic carbocycles. The molecule has 0 aromatic carbocycles. The first kappa shape index (κ1) is 88.8. The van der Waals surface area contributed by atoms with E-state index in [1.807, 2.05) is 0 Å². The third kappa shape index (κ3) is 75.1. The monoisotopic (exact) mass is 1260 g/mol. The van der Waals surface area contributed by atoms with Crippen molar-refractivity contribution in [2.45, 2.75) is 401 Å². The van der Waals surface area contributed by atoms with Gasteiger partial charge in [-0.25, -0.2) is 0 Å². The van der Waals surface area contributed by atoms with E-state index in [9.17, 15) is 0 Å². The van der Waals surface area contributed by atoms with Crippen molar-refractivity contribution in [3.63, 3.8) is 0 Å². The molecule has 3 nitrogen and oxygen atoms in total. The van der Waals surface area contributed by atoms with Gasteiger partial charge in [0.1, 0.15) is 0 Å². The van der Waals surface area contributed by atoms with Crippen LogP contribution in [-0.2, 0) is 0 Å². The van der Waals surface area contributed by atoms with Crippen LogP contribution in [0.25, 0.3) is 0 Å². The Balaban J connectivity index is 0.00000188. The molecule has 0 aromatic rings. The number of unbranched alkanes of at least 4 members (excludes halogenated alkanes) is 37. The summed E-state index contributed by atoms with van der Waals surface area (Å²) in [5.74, 6) is 1.89. The molecule has 0 atom stereocenters. The summed E-state index contributed by atoms with van der Waals surface area (Å²) < 4.78 is 0. The van der Waals surface area contributed by atoms with Crippen molar-refractivity contribution in [1.29, 1.82) is 0 Å². The maximum absolute atomic E-state index is 3.81. The summed E-state index contributed by atoms with van der Waals surface area (Å²) in [6.45, 7) is 23.9. The second-order valence-electron chi connectivity index (χ2n) is 28.4. The lowest BCUT2D eigenvalue weighted by Gasteiger charge is -2.34. The van der Waals surface area contributed by atoms with Crippen molar-refractivity contribution in [2.24, 2.45) is 11.8 Å². The standard InChI is InChI=1S/C50H95N3.C38H70/c1-4-7-10-12-14-16-18-20-22-24-26-28-30-32-34-36-39-50(41-38-42-51-43-45-53-48-46-52(47-49-53)44-9-6-3)40-37-35-33-31-29-27-25-23-21-19-17-15-13-11-8-5-2;1-4-6-8-10-12-14-16-18-20-22-24-26-28-30-32-34-36-38(3)37-35-33-31-29-27-25-23-21-19-17-15-13-11-9-7-5-2/h14-17,20-23,50-51H,4-13,18-19,24-49H2,1-3H3;12-15,18-21,38H,4-11,16-17,22-37H2,1-3H3/b16-14-,17-15-,22-20-,23-21-;14-12-,15-13-,20-18-,21-19-. The van der Waals surface area contributed by atoms with Crippen molar-refractivity contribution in [3.05, 3.63) is 97.2 Å². The third-order valence-corrected chi connectivity index (χ3v) is 19.3. The number of nitrogens with zero attached hydrogens (tertiary/aromatic N) is 2. The Morgan fingerprint density at radius 2 is 0.484 bits per heavy atom. The van der Waals surface area contributed by atoms with Gasteiger partial charge in [0.15, 0.2) is 0 Å². The molecule has 1 rings (SSSR count). The smallest absolute Gasteiger partial charge is 0.0110 e. The second kappa shape index (κ2) is 80.2. The summed E-state index contributed by atoms with van der Waals surface area (Å²) in [4.78, 5) is 5.34. The minimum Gasteiger partial charge on any atom is -0.315 e. The zero-order valence-corrected chi connectivity index (χ0v) is 63.0. The lowest BCUT2D eigenvalue weighted by atomic mass is 9.90. The molecule has 91 heavy (non-hydrogen) atoms. The van der Waals surface area contributed by atoms with E-state index < -0.39 is 0 Å². The minimum absolute atomic E-state index is 0.937. The van der Waals surface area contributed by atoms with E-state index in [0.717, 1.165) is 44.1 Å². The molecule has 0 amide bonds. The number of allylic oxidation sites excluding steroid dienone is 16. The summed E-state index contributed by atoms with van der Waals surface area (Å²) in [5.41, 5.74) is 0. The van der Waals surface area contributed by atoms with Crippen molar-refractivity contribution in [3.8, 4) is 0 Å². The molecular formula is C88H165N3. The van der Waals surface area contributed by atoms with E-state index in [4.69, 9.17) is 0 Å². The van der Waals surface area contributed by atoms with Crippen LogP contribution in [0.2, 0.25) is 0 Å². The summed E-state index contributed by atoms with van der Waals surface area (Å²) in [7, 11) is 0. The van der Waals surface area contributed by atoms with Crippen molar-refractivity contribution in [1.82, 2.24) is 15.1 Å². The fourth-order valence-corrected chi connectivity index (χ4v) is 12.9. The van der Waals surface area contributed by atoms with Crippen LogP contribution in [-0.4, -0.2) is 62.2 Å². The van der Waals surface area contributed by atoms with Gasteiger partial charge < -0.3 is 10.2 Å². The maximum atomic E-state index is 3.81. The molecule has 0 unspecified atom stereocenters. The van der Waals surface area contributed by atoms with Crippen LogP contribution in [0, 0.1) is 11.8 Å². The van der Waals surface area contributed by atoms with Gasteiger partial charge >= 0.3 is 0 Å². The molecule has 0 spiro atoms. The van der Waals surface area contributed by atoms with E-state index in [1.165, 1.54) is 380 Å². The zero-order chi connectivity index (χ0) is 65.6. The molecule has 0 radical (unpaired) electrons. The normalized spacial score (nSPS) is 13.9. The van der Waals surface area contributed by atoms with Crippen LogP contribution in [0.3, 0.4) is 0 Å². The van der Waals surface area contributed by atoms with Gasteiger partial charge in [0.05, 0.1) is 0 Å². The first-order valence-corrected chi connectivity index (χ1v) is 41.5. The van der Waals surface area contributed by atoms with Gasteiger partial charge in [0, 0.05) is 39.3 Å². The fourth-order valence-electron chi connectivity index (χ4n) is 12.9. The largest absolute Gasteiger partial charge is 0.315 e. The van der Waals surface area contributed by atoms with Gasteiger partial charge in [-0.2, -0.15) is 0 Å². The molecule has 532 valence electrons. The predicted molar refractivity (Wildman–Crippen MR) is 418 cm³/mol. The van der Waals surface area contributed by atoms with E-state index in [2.05, 4.69) is 154 Å². The number of hydrogen-bond acceptors (Lipinski definition) is 3. The number of nitrogens with one attached hydrogen (secondary N) is 1. The highest BCUT2D eigenvalue weighted by atomic mass is 15.3. The quantitative estimate of drug-likeness (QED) is 0.0484. The third-order valence-electron chi connectivity index (χ3n) is 19.3. The Bertz CT molecular complexity index is 1490. The van der Waals surface area contributed by atoms with Crippen LogP contribution < -0.4 is 5.32 Å². The molecule has 1 N–H and O–H groups in total. The highest BCUT2D eigenvalue weighted by Crippen LogP contribution is 2.24. The summed E-state index contributed by atoms with van der Waals surface area (Å²) in [5, 5.41) is 3.81. The average molecular weight is 1270 g/mol. The van der Waals surface area contributed by atoms with E-state index >= 15 is 0 Å². The number of piperazine rings is 1. The highest BCUT2D eigenvalue weighted by molar-refractivity contribution is 4.95. The van der Waals surface area contributed by atoms with Crippen LogP contribution in [0.1, 0.15) is 401 Å². The van der Waals surface area contributed by atoms with Crippen molar-refractivity contribution < 1.29 is 0 Å². The fraction of sp³-hybridized carbons (Fsp3) is 0.818. The van der Waals surface area contributed by atoms with Gasteiger partial charge in [-0.3, -0.25) is 4.90 Å². The Kier molecular flexibility index (Phi) is 78.3. The predicted octanol–water partition coefficient (Wildman–Crippen LogP) is 28.8. The molecule has 1 heterocycles. The Labute approximate surface area is 574 Å². The Morgan fingerprint density at radius 3 is 0.780 bits per heavy atom. The van der Waals surface area contributed by atoms with E-state index in [-0.39, 0.29) is 0 Å². The minimum atomic E-state index is 0.937. The van der Waals surface area contributed by atoms with E-state index in [0.29, 0.717) is 0 Å². The number of hydrogen-bond donors (Lipinski definition) is 1. The van der Waals surface area contributed by atoms with Gasteiger partial charge in [-0.15, -0.1) is 0 Å². The van der Waals surface area contributed by atoms with Gasteiger partial charge in [-0.1, -0.05) is 351 Å². The van der Waals surface area contributed by atoms with Crippen LogP contribution in [0.5, 0.6) is 0 Å². The highest BCUT2D eigenvalue weighted by Gasteiger charge is 2.16. The first-order chi connectivity index (χ1) is 45.1. The first-order valence-electron chi connectivity index (χ1n) is 41.5. The second-order valence-corrected chi connectivity index (χ2v) is 28.4. The van der Waals surface area contributed by atoms with Gasteiger partial charge in [0.2, 0.25) is 0 Å². The average Bonchev–Trinajstić information content (AvgIpc) is 3.77. The Morgan fingerprint density at radius 1 is 0.242 bits per heavy atom. The lowest BCUT2D eigenvalue weighted by molar-refractivity contribution is 0.132. The van der Waals surface area contributed by atoms with Crippen molar-refractivity contribution >= 4 is 0 Å². The Hall–Kier alpha value is -2.20. The molecule has 3 heteroatoms.